The van der Waals surface area contributed by atoms with Crippen LogP contribution in [-0.2, 0) is 16.6 Å². The van der Waals surface area contributed by atoms with Gasteiger partial charge in [-0.3, -0.25) is 15.1 Å². The molecule has 128 valence electrons. The summed E-state index contributed by atoms with van der Waals surface area (Å²) in [5.74, 6) is 0. The number of hydrogen-bond acceptors (Lipinski definition) is 6. The van der Waals surface area contributed by atoms with Crippen molar-refractivity contribution in [2.75, 3.05) is 13.1 Å². The van der Waals surface area contributed by atoms with Crippen molar-refractivity contribution in [1.82, 2.24) is 15.0 Å². The van der Waals surface area contributed by atoms with Crippen LogP contribution < -0.4 is 10.0 Å². The van der Waals surface area contributed by atoms with Gasteiger partial charge in [-0.15, -0.1) is 0 Å². The van der Waals surface area contributed by atoms with Crippen molar-refractivity contribution in [2.24, 2.45) is 0 Å². The van der Waals surface area contributed by atoms with E-state index in [1.54, 1.807) is 12.4 Å². The molecule has 8 nitrogen and oxygen atoms in total. The van der Waals surface area contributed by atoms with Gasteiger partial charge < -0.3 is 5.32 Å². The Bertz CT molecular complexity index is 781. The molecule has 0 aliphatic rings. The molecule has 2 rings (SSSR count). The predicted octanol–water partition coefficient (Wildman–Crippen LogP) is 1.45. The number of nitro benzene ring substituents is 1. The average Bonchev–Trinajstić information content (AvgIpc) is 2.59. The van der Waals surface area contributed by atoms with Gasteiger partial charge in [0.15, 0.2) is 4.90 Å². The minimum atomic E-state index is -3.90. The van der Waals surface area contributed by atoms with E-state index in [1.165, 1.54) is 24.3 Å². The minimum absolute atomic E-state index is 0.189. The third kappa shape index (κ3) is 5.08. The highest BCUT2D eigenvalue weighted by molar-refractivity contribution is 7.89. The second kappa shape index (κ2) is 8.48. The van der Waals surface area contributed by atoms with Crippen LogP contribution in [0, 0.1) is 10.1 Å². The quantitative estimate of drug-likeness (QED) is 0.402. The van der Waals surface area contributed by atoms with E-state index in [0.717, 1.165) is 5.56 Å². The Balaban J connectivity index is 1.80. The Morgan fingerprint density at radius 3 is 2.62 bits per heavy atom. The van der Waals surface area contributed by atoms with Gasteiger partial charge in [0.05, 0.1) is 4.92 Å². The van der Waals surface area contributed by atoms with Crippen LogP contribution in [0.2, 0.25) is 0 Å². The van der Waals surface area contributed by atoms with Crippen molar-refractivity contribution in [1.29, 1.82) is 0 Å². The molecule has 24 heavy (non-hydrogen) atoms. The van der Waals surface area contributed by atoms with Crippen LogP contribution in [0.1, 0.15) is 12.0 Å². The van der Waals surface area contributed by atoms with E-state index >= 15 is 0 Å². The van der Waals surface area contributed by atoms with Crippen LogP contribution in [0.25, 0.3) is 0 Å². The summed E-state index contributed by atoms with van der Waals surface area (Å²) in [5.41, 5.74) is 0.609. The summed E-state index contributed by atoms with van der Waals surface area (Å²) in [4.78, 5) is 13.9. The molecule has 0 amide bonds. The number of nitrogens with one attached hydrogen (secondary N) is 2. The number of rotatable bonds is 9. The normalized spacial score (nSPS) is 11.3. The lowest BCUT2D eigenvalue weighted by molar-refractivity contribution is -0.387. The predicted molar refractivity (Wildman–Crippen MR) is 88.8 cm³/mol. The molecule has 0 atom stereocenters. The van der Waals surface area contributed by atoms with Crippen molar-refractivity contribution in [3.05, 3.63) is 64.5 Å². The SMILES string of the molecule is O=[N+]([O-])c1ccccc1S(=O)(=O)NCCCNCc1cccnc1. The summed E-state index contributed by atoms with van der Waals surface area (Å²) in [6.07, 6.45) is 4.01. The van der Waals surface area contributed by atoms with Gasteiger partial charge in [-0.1, -0.05) is 18.2 Å². The van der Waals surface area contributed by atoms with Crippen LogP contribution in [0.4, 0.5) is 5.69 Å². The van der Waals surface area contributed by atoms with E-state index in [2.05, 4.69) is 15.0 Å². The molecule has 0 aliphatic carbocycles. The van der Waals surface area contributed by atoms with Crippen molar-refractivity contribution in [2.45, 2.75) is 17.9 Å². The second-order valence-electron chi connectivity index (χ2n) is 5.01. The van der Waals surface area contributed by atoms with Crippen molar-refractivity contribution < 1.29 is 13.3 Å². The van der Waals surface area contributed by atoms with E-state index in [4.69, 9.17) is 0 Å². The van der Waals surface area contributed by atoms with Gasteiger partial charge in [-0.25, -0.2) is 13.1 Å². The number of aromatic nitrogens is 1. The maximum absolute atomic E-state index is 12.2. The van der Waals surface area contributed by atoms with Gasteiger partial charge in [0.2, 0.25) is 10.0 Å². The molecule has 0 fully saturated rings. The maximum atomic E-state index is 12.2. The fourth-order valence-corrected chi connectivity index (χ4v) is 3.31. The summed E-state index contributed by atoms with van der Waals surface area (Å²) in [7, 11) is -3.90. The molecule has 0 bridgehead atoms. The Morgan fingerprint density at radius 2 is 1.92 bits per heavy atom. The highest BCUT2D eigenvalue weighted by atomic mass is 32.2. The van der Waals surface area contributed by atoms with Crippen LogP contribution in [0.15, 0.2) is 53.7 Å². The van der Waals surface area contributed by atoms with Gasteiger partial charge in [0.25, 0.3) is 5.69 Å². The Labute approximate surface area is 140 Å². The molecule has 9 heteroatoms. The Morgan fingerprint density at radius 1 is 1.12 bits per heavy atom. The molecule has 0 aliphatic heterocycles. The van der Waals surface area contributed by atoms with E-state index in [1.807, 2.05) is 12.1 Å². The molecule has 2 N–H and O–H groups in total. The standard InChI is InChI=1S/C15H18N4O4S/c20-19(21)14-6-1-2-7-15(14)24(22,23)18-10-4-9-17-12-13-5-3-8-16-11-13/h1-3,5-8,11,17-18H,4,9-10,12H2. The van der Waals surface area contributed by atoms with E-state index < -0.39 is 20.6 Å². The first-order chi connectivity index (χ1) is 11.5. The highest BCUT2D eigenvalue weighted by Gasteiger charge is 2.24. The lowest BCUT2D eigenvalue weighted by atomic mass is 10.3. The number of sulfonamides is 1. The summed E-state index contributed by atoms with van der Waals surface area (Å²) in [5, 5.41) is 14.1. The second-order valence-corrected chi connectivity index (χ2v) is 6.75. The zero-order valence-corrected chi connectivity index (χ0v) is 13.7. The molecule has 2 aromatic rings. The van der Waals surface area contributed by atoms with Crippen LogP contribution in [0.5, 0.6) is 0 Å². The molecular weight excluding hydrogens is 332 g/mol. The maximum Gasteiger partial charge on any atom is 0.289 e. The van der Waals surface area contributed by atoms with E-state index in [0.29, 0.717) is 19.5 Å². The smallest absolute Gasteiger partial charge is 0.289 e. The largest absolute Gasteiger partial charge is 0.313 e. The lowest BCUT2D eigenvalue weighted by Gasteiger charge is -2.08. The molecule has 0 saturated carbocycles. The molecule has 0 saturated heterocycles. The molecule has 0 spiro atoms. The monoisotopic (exact) mass is 350 g/mol. The number of nitro groups is 1. The number of nitrogens with zero attached hydrogens (tertiary/aromatic N) is 2. The van der Waals surface area contributed by atoms with E-state index in [9.17, 15) is 18.5 Å². The molecular formula is C15H18N4O4S. The van der Waals surface area contributed by atoms with Crippen LogP contribution in [0.3, 0.4) is 0 Å². The fraction of sp³-hybridized carbons (Fsp3) is 0.267. The van der Waals surface area contributed by atoms with Crippen LogP contribution in [-0.4, -0.2) is 31.4 Å². The zero-order valence-electron chi connectivity index (χ0n) is 12.9. The summed E-state index contributed by atoms with van der Waals surface area (Å²) in [6.45, 7) is 1.44. The third-order valence-corrected chi connectivity index (χ3v) is 4.73. The summed E-state index contributed by atoms with van der Waals surface area (Å²) in [6, 6.07) is 9.07. The Hall–Kier alpha value is -2.36. The molecule has 1 heterocycles. The lowest BCUT2D eigenvalue weighted by Crippen LogP contribution is -2.28. The van der Waals surface area contributed by atoms with Crippen molar-refractivity contribution in [3.8, 4) is 0 Å². The summed E-state index contributed by atoms with van der Waals surface area (Å²) >= 11 is 0. The number of benzene rings is 1. The van der Waals surface area contributed by atoms with Gasteiger partial charge in [0, 0.05) is 31.5 Å². The molecule has 1 aromatic heterocycles. The van der Waals surface area contributed by atoms with Crippen molar-refractivity contribution >= 4 is 15.7 Å². The van der Waals surface area contributed by atoms with Gasteiger partial charge in [-0.2, -0.15) is 0 Å². The molecule has 0 radical (unpaired) electrons. The summed E-state index contributed by atoms with van der Waals surface area (Å²) < 4.78 is 26.7. The topological polar surface area (TPSA) is 114 Å². The first kappa shape index (κ1) is 18.0. The third-order valence-electron chi connectivity index (χ3n) is 3.23. The number of para-hydroxylation sites is 1. The average molecular weight is 350 g/mol. The zero-order chi connectivity index (χ0) is 17.4. The van der Waals surface area contributed by atoms with Gasteiger partial charge >= 0.3 is 0 Å². The van der Waals surface area contributed by atoms with Crippen LogP contribution >= 0.6 is 0 Å². The number of hydrogen-bond donors (Lipinski definition) is 2. The highest BCUT2D eigenvalue weighted by Crippen LogP contribution is 2.22. The van der Waals surface area contributed by atoms with Gasteiger partial charge in [-0.05, 0) is 30.7 Å². The fourth-order valence-electron chi connectivity index (χ4n) is 2.07. The van der Waals surface area contributed by atoms with E-state index in [-0.39, 0.29) is 11.4 Å². The number of pyridine rings is 1. The Kier molecular flexibility index (Phi) is 6.36. The first-order valence-electron chi connectivity index (χ1n) is 7.33. The minimum Gasteiger partial charge on any atom is -0.313 e. The first-order valence-corrected chi connectivity index (χ1v) is 8.82. The molecule has 0 unspecified atom stereocenters. The van der Waals surface area contributed by atoms with Crippen molar-refractivity contribution in [3.63, 3.8) is 0 Å². The molecule has 1 aromatic carbocycles. The van der Waals surface area contributed by atoms with Gasteiger partial charge in [0.1, 0.15) is 0 Å².